The Morgan fingerprint density at radius 3 is 1.73 bits per heavy atom. The number of carboxylic acids is 3. The number of fused-ring (bicyclic) bond motifs is 1. The number of primary amides is 1. The third-order valence-corrected chi connectivity index (χ3v) is 17.2. The Kier molecular flexibility index (Phi) is 31.0. The lowest BCUT2D eigenvalue weighted by Gasteiger charge is -2.26. The molecule has 4 aromatic carbocycles. The molecule has 5 aromatic rings. The second-order valence-electron chi connectivity index (χ2n) is 24.7. The predicted octanol–water partition coefficient (Wildman–Crippen LogP) is 3.20. The molecule has 98 heavy (non-hydrogen) atoms. The Balaban J connectivity index is 1.23. The molecule has 1 heterocycles. The van der Waals surface area contributed by atoms with Crippen molar-refractivity contribution >= 4 is 92.0 Å². The number of nitrogens with one attached hydrogen (secondary N) is 10. The third kappa shape index (κ3) is 26.8. The summed E-state index contributed by atoms with van der Waals surface area (Å²) in [6, 6.07) is 15.3. The zero-order valence-electron chi connectivity index (χ0n) is 55.1. The van der Waals surface area contributed by atoms with Gasteiger partial charge in [0, 0.05) is 67.9 Å². The average molecular weight is 1380 g/mol. The second-order valence-corrected chi connectivity index (χ2v) is 26.4. The fourth-order valence-corrected chi connectivity index (χ4v) is 11.6. The third-order valence-electron chi connectivity index (χ3n) is 15.7. The summed E-state index contributed by atoms with van der Waals surface area (Å²) in [5, 5.41) is 49.6. The van der Waals surface area contributed by atoms with Gasteiger partial charge in [-0.05, 0) is 121 Å². The number of sulfonamides is 1. The van der Waals surface area contributed by atoms with E-state index in [9.17, 15) is 85.7 Å². The summed E-state index contributed by atoms with van der Waals surface area (Å²) in [4.78, 5) is 160. The molecule has 0 radical (unpaired) electrons. The summed E-state index contributed by atoms with van der Waals surface area (Å²) in [7, 11) is -4.56. The Morgan fingerprint density at radius 1 is 0.551 bits per heavy atom. The standard InChI is InChI=1S/C68H88FN11O17S/c1-5-14-41-21-27-47(28-22-41)98(96,97)80-55(38-60(87)88)67(95)78-52(30-32-59(85)86)64(92)74-40-57(82)76-53(36-42-15-13-16-46(69)35-42)65(93)79-54(37-44-39-73-49-18-9-8-17-48(44)49)66(94)77-51(29-31-58(83)84)63(91)72-33-11-6-7-20-56(81)75-50(61(70)89)19-10-12-34-71-62(90)43-23-25-45(26-24-43)68(2,3)4/h8-9,13,15-18,21-28,35,39,50-55,73,80H,5-7,10-12,14,19-20,29-34,36-38,40H2,1-4H3,(H2,70,89)(H,71,90)(H,72,91)(H,74,92)(H,75,81)(H,76,82)(H,77,94)(H,78,95)(H,79,93)(H,83,84)(H,85,86)(H,87,88). The van der Waals surface area contributed by atoms with Gasteiger partial charge in [-0.2, -0.15) is 4.72 Å². The molecule has 0 saturated carbocycles. The van der Waals surface area contributed by atoms with E-state index in [1.165, 1.54) is 36.4 Å². The van der Waals surface area contributed by atoms with E-state index in [-0.39, 0.29) is 47.6 Å². The number of benzene rings is 4. The molecular weight excluding hydrogens is 1290 g/mol. The molecule has 0 aliphatic heterocycles. The molecule has 6 atom stereocenters. The van der Waals surface area contributed by atoms with Crippen LogP contribution in [0, 0.1) is 5.82 Å². The molecular formula is C68H88FN11O17S. The lowest BCUT2D eigenvalue weighted by atomic mass is 9.87. The van der Waals surface area contributed by atoms with Crippen molar-refractivity contribution in [3.63, 3.8) is 0 Å². The number of hydrogen-bond acceptors (Lipinski definition) is 14. The van der Waals surface area contributed by atoms with Crippen molar-refractivity contribution in [3.8, 4) is 0 Å². The number of nitrogens with two attached hydrogens (primary N) is 1. The number of carbonyl (C=O) groups excluding carboxylic acids is 9. The first-order valence-corrected chi connectivity index (χ1v) is 33.7. The number of H-pyrrole nitrogens is 1. The van der Waals surface area contributed by atoms with Crippen molar-refractivity contribution in [2.24, 2.45) is 5.73 Å². The van der Waals surface area contributed by atoms with Crippen molar-refractivity contribution < 1.29 is 85.7 Å². The van der Waals surface area contributed by atoms with Crippen molar-refractivity contribution in [2.45, 2.75) is 177 Å². The van der Waals surface area contributed by atoms with Crippen LogP contribution in [0.2, 0.25) is 0 Å². The molecule has 1 aromatic heterocycles. The minimum Gasteiger partial charge on any atom is -0.481 e. The first kappa shape index (κ1) is 78.6. The average Bonchev–Trinajstić information content (AvgIpc) is 1.55. The van der Waals surface area contributed by atoms with Gasteiger partial charge in [0.1, 0.15) is 42.1 Å². The van der Waals surface area contributed by atoms with E-state index in [1.807, 2.05) is 23.8 Å². The quantitative estimate of drug-likeness (QED) is 0.0249. The van der Waals surface area contributed by atoms with Crippen LogP contribution < -0.4 is 53.0 Å². The van der Waals surface area contributed by atoms with Gasteiger partial charge in [0.25, 0.3) is 5.91 Å². The van der Waals surface area contributed by atoms with Gasteiger partial charge in [0.05, 0.1) is 17.9 Å². The van der Waals surface area contributed by atoms with E-state index in [1.54, 1.807) is 42.6 Å². The number of para-hydroxylation sites is 1. The highest BCUT2D eigenvalue weighted by atomic mass is 32.2. The number of aryl methyl sites for hydroxylation is 1. The van der Waals surface area contributed by atoms with E-state index in [0.717, 1.165) is 29.7 Å². The number of hydrogen-bond donors (Lipinski definition) is 14. The van der Waals surface area contributed by atoms with Gasteiger partial charge in [0.15, 0.2) is 0 Å². The van der Waals surface area contributed by atoms with Gasteiger partial charge in [0.2, 0.25) is 57.3 Å². The maximum Gasteiger partial charge on any atom is 0.305 e. The molecule has 0 spiro atoms. The first-order chi connectivity index (χ1) is 46.4. The van der Waals surface area contributed by atoms with Gasteiger partial charge in [-0.15, -0.1) is 0 Å². The van der Waals surface area contributed by atoms with Crippen molar-refractivity contribution in [1.82, 2.24) is 52.2 Å². The fraction of sp³-hybridized carbons (Fsp3) is 0.441. The number of aromatic amines is 1. The van der Waals surface area contributed by atoms with Gasteiger partial charge in [-0.1, -0.05) is 95.1 Å². The Bertz CT molecular complexity index is 3730. The number of halogens is 1. The molecule has 0 aliphatic carbocycles. The maximum absolute atomic E-state index is 14.6. The van der Waals surface area contributed by atoms with E-state index < -0.39 is 162 Å². The van der Waals surface area contributed by atoms with Gasteiger partial charge in [-0.3, -0.25) is 57.5 Å². The lowest BCUT2D eigenvalue weighted by molar-refractivity contribution is -0.140. The van der Waals surface area contributed by atoms with Crippen LogP contribution in [0.25, 0.3) is 10.9 Å². The molecule has 0 saturated heterocycles. The topological polar surface area (TPSA) is 450 Å². The number of unbranched alkanes of at least 4 members (excludes halogenated alkanes) is 3. The van der Waals surface area contributed by atoms with Crippen molar-refractivity contribution in [2.75, 3.05) is 19.6 Å². The number of amides is 9. The fourth-order valence-electron chi connectivity index (χ4n) is 10.4. The number of rotatable bonds is 42. The van der Waals surface area contributed by atoms with Crippen molar-refractivity contribution in [3.05, 3.63) is 137 Å². The highest BCUT2D eigenvalue weighted by Crippen LogP contribution is 2.23. The molecule has 6 unspecified atom stereocenters. The minimum absolute atomic E-state index is 0.00969. The molecule has 530 valence electrons. The van der Waals surface area contributed by atoms with Crippen LogP contribution in [0.15, 0.2) is 108 Å². The van der Waals surface area contributed by atoms with Crippen LogP contribution >= 0.6 is 0 Å². The van der Waals surface area contributed by atoms with Gasteiger partial charge < -0.3 is 68.6 Å². The van der Waals surface area contributed by atoms with Crippen LogP contribution in [0.1, 0.15) is 144 Å². The summed E-state index contributed by atoms with van der Waals surface area (Å²) in [6.07, 6.45) is 1.05. The van der Waals surface area contributed by atoms with Gasteiger partial charge in [-0.25, -0.2) is 12.8 Å². The highest BCUT2D eigenvalue weighted by Gasteiger charge is 2.34. The van der Waals surface area contributed by atoms with E-state index in [0.29, 0.717) is 67.1 Å². The summed E-state index contributed by atoms with van der Waals surface area (Å²) < 4.78 is 43.4. The van der Waals surface area contributed by atoms with E-state index in [4.69, 9.17) is 5.73 Å². The summed E-state index contributed by atoms with van der Waals surface area (Å²) in [5.41, 5.74) is 9.23. The number of carboxylic acid groups (broad SMARTS) is 3. The minimum atomic E-state index is -4.56. The summed E-state index contributed by atoms with van der Waals surface area (Å²) in [5.74, 6) is -12.9. The molecule has 5 rings (SSSR count). The zero-order valence-corrected chi connectivity index (χ0v) is 56.0. The smallest absolute Gasteiger partial charge is 0.305 e. The zero-order chi connectivity index (χ0) is 72.1. The number of carbonyl (C=O) groups is 12. The normalized spacial score (nSPS) is 13.2. The van der Waals surface area contributed by atoms with Crippen LogP contribution in [0.4, 0.5) is 4.39 Å². The van der Waals surface area contributed by atoms with Crippen LogP contribution in [0.5, 0.6) is 0 Å². The molecule has 0 fully saturated rings. The van der Waals surface area contributed by atoms with Crippen molar-refractivity contribution in [1.29, 1.82) is 0 Å². The molecule has 0 aliphatic rings. The number of aromatic nitrogens is 1. The van der Waals surface area contributed by atoms with E-state index >= 15 is 0 Å². The van der Waals surface area contributed by atoms with Gasteiger partial charge >= 0.3 is 17.9 Å². The predicted molar refractivity (Wildman–Crippen MR) is 357 cm³/mol. The van der Waals surface area contributed by atoms with Crippen LogP contribution in [0.3, 0.4) is 0 Å². The largest absolute Gasteiger partial charge is 0.481 e. The number of aliphatic carboxylic acids is 3. The molecule has 30 heteroatoms. The highest BCUT2D eigenvalue weighted by molar-refractivity contribution is 7.89. The molecule has 15 N–H and O–H groups in total. The maximum atomic E-state index is 14.6. The summed E-state index contributed by atoms with van der Waals surface area (Å²) >= 11 is 0. The Hall–Kier alpha value is -10.1. The first-order valence-electron chi connectivity index (χ1n) is 32.2. The van der Waals surface area contributed by atoms with Crippen LogP contribution in [-0.4, -0.2) is 156 Å². The monoisotopic (exact) mass is 1380 g/mol. The Morgan fingerprint density at radius 2 is 1.13 bits per heavy atom. The summed E-state index contributed by atoms with van der Waals surface area (Å²) in [6.45, 7) is 7.52. The Labute approximate surface area is 566 Å². The van der Waals surface area contributed by atoms with Crippen LogP contribution in [-0.2, 0) is 87.4 Å². The molecule has 9 amide bonds. The molecule has 0 bridgehead atoms. The lowest BCUT2D eigenvalue weighted by Crippen LogP contribution is -2.58. The van der Waals surface area contributed by atoms with E-state index in [2.05, 4.69) is 68.3 Å². The molecule has 28 nitrogen and oxygen atoms in total. The SMILES string of the molecule is CCCc1ccc(S(=O)(=O)NC(CC(=O)O)C(=O)NC(CCC(=O)O)C(=O)NCC(=O)NC(Cc2cccc(F)c2)C(=O)NC(Cc2c[nH]c3ccccc23)C(=O)NC(CCC(=O)O)C(=O)NCCCCCC(=O)NC(CCCCNC(=O)c2ccc(C(C)(C)C)cc2)C(N)=O)cc1. The second kappa shape index (κ2) is 38.6.